The lowest BCUT2D eigenvalue weighted by molar-refractivity contribution is -0.870. The first-order chi connectivity index (χ1) is 34.5. The van der Waals surface area contributed by atoms with Crippen LogP contribution in [0.15, 0.2) is 85.1 Å². The molecule has 0 aromatic rings. The van der Waals surface area contributed by atoms with E-state index in [1.807, 2.05) is 27.2 Å². The second-order valence-electron chi connectivity index (χ2n) is 21.0. The Hall–Kier alpha value is -2.32. The maximum absolute atomic E-state index is 13.0. The highest BCUT2D eigenvalue weighted by Gasteiger charge is 2.27. The number of phosphoric ester groups is 1. The molecule has 3 unspecified atom stereocenters. The van der Waals surface area contributed by atoms with Gasteiger partial charge in [0.05, 0.1) is 39.9 Å². The van der Waals surface area contributed by atoms with E-state index in [1.54, 1.807) is 6.08 Å². The molecule has 0 aliphatic rings. The van der Waals surface area contributed by atoms with Crippen LogP contribution in [0, 0.1) is 0 Å². The number of nitrogens with zero attached hydrogens (tertiary/aromatic N) is 1. The van der Waals surface area contributed by atoms with Crippen LogP contribution in [0.5, 0.6) is 0 Å². The smallest absolute Gasteiger partial charge is 0.387 e. The molecule has 9 heteroatoms. The number of amides is 1. The lowest BCUT2D eigenvalue weighted by Crippen LogP contribution is -2.45. The minimum Gasteiger partial charge on any atom is -0.387 e. The standard InChI is InChI=1S/C62H113N2O6P/c1-6-8-10-12-14-16-18-20-22-24-26-27-28-29-30-31-32-33-34-35-36-37-38-40-42-44-46-48-50-52-54-56-62(66)63-60(59-70-71(67,68)69-58-57-64(3,4)5)61(65)55-53-51-49-47-45-43-41-39-25-23-21-19-17-15-13-11-9-7-2/h8,10,14,16,20,22,25-27,39,45,47,53,55,60-61,65H,6-7,9,11-13,15,17-19,21,23-24,28-38,40-44,46,48-52,54,56-59H2,1-5H3,(H-,63,66,67,68)/p+1/b10-8-,16-14-,22-20-,27-26-,39-25+,47-45+,55-53+. The summed E-state index contributed by atoms with van der Waals surface area (Å²) in [4.78, 5) is 23.3. The Kier molecular flexibility index (Phi) is 50.8. The molecule has 0 bridgehead atoms. The van der Waals surface area contributed by atoms with Crippen molar-refractivity contribution in [1.82, 2.24) is 5.32 Å². The van der Waals surface area contributed by atoms with Crippen LogP contribution in [0.1, 0.15) is 251 Å². The highest BCUT2D eigenvalue weighted by Crippen LogP contribution is 2.43. The van der Waals surface area contributed by atoms with Crippen molar-refractivity contribution < 1.29 is 32.9 Å². The van der Waals surface area contributed by atoms with Gasteiger partial charge in [-0.25, -0.2) is 4.57 Å². The molecule has 0 aromatic heterocycles. The predicted molar refractivity (Wildman–Crippen MR) is 309 cm³/mol. The van der Waals surface area contributed by atoms with Gasteiger partial charge in [0.2, 0.25) is 5.91 Å². The van der Waals surface area contributed by atoms with E-state index in [4.69, 9.17) is 9.05 Å². The van der Waals surface area contributed by atoms with E-state index in [0.29, 0.717) is 17.4 Å². The topological polar surface area (TPSA) is 105 Å². The average Bonchev–Trinajstić information content (AvgIpc) is 3.33. The van der Waals surface area contributed by atoms with Crippen molar-refractivity contribution >= 4 is 13.7 Å². The van der Waals surface area contributed by atoms with Crippen LogP contribution < -0.4 is 5.32 Å². The quantitative estimate of drug-likeness (QED) is 0.0243. The number of carbonyl (C=O) groups excluding carboxylic acids is 1. The fourth-order valence-corrected chi connectivity index (χ4v) is 8.98. The van der Waals surface area contributed by atoms with Gasteiger partial charge >= 0.3 is 7.82 Å². The molecule has 0 heterocycles. The number of rotatable bonds is 53. The first-order valence-corrected chi connectivity index (χ1v) is 31.0. The molecule has 0 aliphatic carbocycles. The number of phosphoric acid groups is 1. The molecule has 0 aromatic carbocycles. The maximum Gasteiger partial charge on any atom is 0.472 e. The molecular formula is C62H114N2O6P+. The van der Waals surface area contributed by atoms with Crippen molar-refractivity contribution in [2.75, 3.05) is 40.9 Å². The van der Waals surface area contributed by atoms with Crippen LogP contribution in [0.3, 0.4) is 0 Å². The van der Waals surface area contributed by atoms with Crippen LogP contribution in [0.2, 0.25) is 0 Å². The molecule has 0 saturated carbocycles. The van der Waals surface area contributed by atoms with Crippen molar-refractivity contribution in [3.05, 3.63) is 85.1 Å². The first kappa shape index (κ1) is 68.7. The number of carbonyl (C=O) groups is 1. The number of aliphatic hydroxyl groups excluding tert-OH is 1. The second kappa shape index (κ2) is 52.5. The van der Waals surface area contributed by atoms with E-state index in [0.717, 1.165) is 70.6 Å². The third kappa shape index (κ3) is 55.3. The van der Waals surface area contributed by atoms with Gasteiger partial charge in [-0.05, 0) is 83.5 Å². The van der Waals surface area contributed by atoms with Gasteiger partial charge in [-0.15, -0.1) is 0 Å². The Morgan fingerprint density at radius 2 is 0.859 bits per heavy atom. The lowest BCUT2D eigenvalue weighted by atomic mass is 10.0. The Bertz CT molecular complexity index is 1430. The Morgan fingerprint density at radius 3 is 1.30 bits per heavy atom. The number of hydrogen-bond donors (Lipinski definition) is 3. The molecule has 3 N–H and O–H groups in total. The Labute approximate surface area is 439 Å². The summed E-state index contributed by atoms with van der Waals surface area (Å²) < 4.78 is 23.7. The lowest BCUT2D eigenvalue weighted by Gasteiger charge is -2.25. The van der Waals surface area contributed by atoms with E-state index in [2.05, 4.69) is 92.1 Å². The minimum atomic E-state index is -4.36. The van der Waals surface area contributed by atoms with E-state index in [1.165, 1.54) is 161 Å². The number of hydrogen-bond acceptors (Lipinski definition) is 5. The fraction of sp³-hybridized carbons (Fsp3) is 0.758. The van der Waals surface area contributed by atoms with E-state index >= 15 is 0 Å². The van der Waals surface area contributed by atoms with Gasteiger partial charge in [0, 0.05) is 6.42 Å². The van der Waals surface area contributed by atoms with E-state index in [9.17, 15) is 19.4 Å². The van der Waals surface area contributed by atoms with Gasteiger partial charge in [-0.1, -0.05) is 247 Å². The maximum atomic E-state index is 13.0. The molecule has 0 aliphatic heterocycles. The predicted octanol–water partition coefficient (Wildman–Crippen LogP) is 18.0. The number of unbranched alkanes of at least 4 members (excludes halogenated alkanes) is 28. The summed E-state index contributed by atoms with van der Waals surface area (Å²) in [5.41, 5.74) is 0. The van der Waals surface area contributed by atoms with Gasteiger partial charge < -0.3 is 19.8 Å². The van der Waals surface area contributed by atoms with Crippen molar-refractivity contribution in [2.24, 2.45) is 0 Å². The van der Waals surface area contributed by atoms with E-state index < -0.39 is 20.0 Å². The molecule has 8 nitrogen and oxygen atoms in total. The molecule has 0 radical (unpaired) electrons. The summed E-state index contributed by atoms with van der Waals surface area (Å²) in [5.74, 6) is -0.191. The summed E-state index contributed by atoms with van der Waals surface area (Å²) in [6.07, 6.45) is 74.1. The molecule has 0 spiro atoms. The third-order valence-electron chi connectivity index (χ3n) is 12.8. The largest absolute Gasteiger partial charge is 0.472 e. The Morgan fingerprint density at radius 1 is 0.493 bits per heavy atom. The van der Waals surface area contributed by atoms with Crippen LogP contribution in [0.4, 0.5) is 0 Å². The number of quaternary nitrogens is 1. The summed E-state index contributed by atoms with van der Waals surface area (Å²) in [6, 6.07) is -0.873. The number of nitrogens with one attached hydrogen (secondary N) is 1. The molecule has 1 amide bonds. The first-order valence-electron chi connectivity index (χ1n) is 29.5. The molecule has 0 rings (SSSR count). The zero-order valence-electron chi connectivity index (χ0n) is 46.9. The molecular weight excluding hydrogens is 900 g/mol. The normalized spacial score (nSPS) is 14.5. The van der Waals surface area contributed by atoms with Crippen molar-refractivity contribution in [2.45, 2.75) is 264 Å². The summed E-state index contributed by atoms with van der Waals surface area (Å²) in [5, 5.41) is 13.9. The molecule has 3 atom stereocenters. The van der Waals surface area contributed by atoms with Crippen LogP contribution in [0.25, 0.3) is 0 Å². The Balaban J connectivity index is 4.16. The molecule has 0 saturated heterocycles. The van der Waals surface area contributed by atoms with Crippen LogP contribution in [-0.2, 0) is 18.4 Å². The number of allylic oxidation sites excluding steroid dienone is 13. The van der Waals surface area contributed by atoms with Gasteiger partial charge in [-0.3, -0.25) is 13.8 Å². The summed E-state index contributed by atoms with van der Waals surface area (Å²) >= 11 is 0. The van der Waals surface area contributed by atoms with Gasteiger partial charge in [0.25, 0.3) is 0 Å². The number of aliphatic hydroxyl groups is 1. The average molecular weight is 1010 g/mol. The van der Waals surface area contributed by atoms with Crippen molar-refractivity contribution in [3.63, 3.8) is 0 Å². The zero-order chi connectivity index (χ0) is 52.0. The van der Waals surface area contributed by atoms with Crippen LogP contribution >= 0.6 is 7.82 Å². The second-order valence-corrected chi connectivity index (χ2v) is 22.4. The minimum absolute atomic E-state index is 0.0516. The van der Waals surface area contributed by atoms with Gasteiger partial charge in [-0.2, -0.15) is 0 Å². The fourth-order valence-electron chi connectivity index (χ4n) is 8.24. The van der Waals surface area contributed by atoms with Gasteiger partial charge in [0.1, 0.15) is 13.2 Å². The molecule has 71 heavy (non-hydrogen) atoms. The van der Waals surface area contributed by atoms with E-state index in [-0.39, 0.29) is 19.1 Å². The summed E-state index contributed by atoms with van der Waals surface area (Å²) in [6.45, 7) is 4.68. The summed E-state index contributed by atoms with van der Waals surface area (Å²) in [7, 11) is 1.54. The SMILES string of the molecule is CC/C=C\C/C=C\C/C=C\C/C=C\CCCCCCCCCCCCCCCCCCCCC(=O)NC(COP(=O)(O)OCC[N+](C)(C)C)C(O)/C=C/CC/C=C/CC/C=C/CCCCCCCCCC. The zero-order valence-corrected chi connectivity index (χ0v) is 47.8. The molecule has 0 fully saturated rings. The van der Waals surface area contributed by atoms with Crippen molar-refractivity contribution in [1.29, 1.82) is 0 Å². The highest BCUT2D eigenvalue weighted by atomic mass is 31.2. The molecule has 412 valence electrons. The highest BCUT2D eigenvalue weighted by molar-refractivity contribution is 7.47. The van der Waals surface area contributed by atoms with Gasteiger partial charge in [0.15, 0.2) is 0 Å². The number of likely N-dealkylation sites (N-methyl/N-ethyl adjacent to an activating group) is 1. The monoisotopic (exact) mass is 1010 g/mol. The van der Waals surface area contributed by atoms with Crippen LogP contribution in [-0.4, -0.2) is 73.4 Å². The third-order valence-corrected chi connectivity index (χ3v) is 13.8. The van der Waals surface area contributed by atoms with Crippen molar-refractivity contribution in [3.8, 4) is 0 Å².